The average molecular weight is 268 g/mol. The third-order valence-corrected chi connectivity index (χ3v) is 3.33. The predicted octanol–water partition coefficient (Wildman–Crippen LogP) is 1.19. The fourth-order valence-electron chi connectivity index (χ4n) is 2.23. The molecule has 0 unspecified atom stereocenters. The fraction of sp³-hybridized carbons (Fsp3) is 0.267. The highest BCUT2D eigenvalue weighted by molar-refractivity contribution is 5.93. The molecule has 20 heavy (non-hydrogen) atoms. The highest BCUT2D eigenvalue weighted by Gasteiger charge is 2.18. The molecule has 0 saturated carbocycles. The van der Waals surface area contributed by atoms with Crippen molar-refractivity contribution in [2.24, 2.45) is 0 Å². The van der Waals surface area contributed by atoms with Crippen LogP contribution in [-0.2, 0) is 0 Å². The molecule has 1 saturated heterocycles. The largest absolute Gasteiger partial charge is 0.336 e. The van der Waals surface area contributed by atoms with Crippen molar-refractivity contribution in [3.05, 3.63) is 48.3 Å². The zero-order valence-electron chi connectivity index (χ0n) is 11.1. The summed E-state index contributed by atoms with van der Waals surface area (Å²) in [6.45, 7) is 3.15. The zero-order chi connectivity index (χ0) is 13.8. The highest BCUT2D eigenvalue weighted by atomic mass is 16.2. The number of piperazine rings is 1. The van der Waals surface area contributed by atoms with Crippen molar-refractivity contribution < 1.29 is 4.79 Å². The van der Waals surface area contributed by atoms with Gasteiger partial charge < -0.3 is 10.2 Å². The van der Waals surface area contributed by atoms with E-state index < -0.39 is 0 Å². The standard InChI is InChI=1S/C15H16N4O/c20-15(19-8-6-16-7-9-19)13-10-17-14(18-11-13)12-4-2-1-3-5-12/h1-5,10-11,16H,6-9H2. The summed E-state index contributed by atoms with van der Waals surface area (Å²) in [5.74, 6) is 0.647. The van der Waals surface area contributed by atoms with Crippen LogP contribution in [0.2, 0.25) is 0 Å². The molecule has 5 nitrogen and oxygen atoms in total. The minimum absolute atomic E-state index is 0.00566. The number of benzene rings is 1. The summed E-state index contributed by atoms with van der Waals surface area (Å²) in [4.78, 5) is 22.7. The Morgan fingerprint density at radius 1 is 1.05 bits per heavy atom. The Kier molecular flexibility index (Phi) is 3.69. The van der Waals surface area contributed by atoms with Gasteiger partial charge in [-0.2, -0.15) is 0 Å². The van der Waals surface area contributed by atoms with Crippen LogP contribution >= 0.6 is 0 Å². The Morgan fingerprint density at radius 3 is 2.35 bits per heavy atom. The smallest absolute Gasteiger partial charge is 0.257 e. The quantitative estimate of drug-likeness (QED) is 0.889. The van der Waals surface area contributed by atoms with E-state index in [-0.39, 0.29) is 5.91 Å². The molecule has 2 aromatic rings. The summed E-state index contributed by atoms with van der Waals surface area (Å²) in [5.41, 5.74) is 1.50. The number of nitrogens with one attached hydrogen (secondary N) is 1. The van der Waals surface area contributed by atoms with Gasteiger partial charge >= 0.3 is 0 Å². The van der Waals surface area contributed by atoms with Crippen LogP contribution in [0.4, 0.5) is 0 Å². The fourth-order valence-corrected chi connectivity index (χ4v) is 2.23. The molecule has 0 atom stereocenters. The van der Waals surface area contributed by atoms with E-state index in [1.54, 1.807) is 12.4 Å². The number of carbonyl (C=O) groups is 1. The van der Waals surface area contributed by atoms with Crippen LogP contribution in [0.25, 0.3) is 11.4 Å². The third kappa shape index (κ3) is 2.67. The molecule has 5 heteroatoms. The van der Waals surface area contributed by atoms with Gasteiger partial charge in [0.2, 0.25) is 0 Å². The molecular formula is C15H16N4O. The van der Waals surface area contributed by atoms with Crippen LogP contribution in [0, 0.1) is 0 Å². The summed E-state index contributed by atoms with van der Waals surface area (Å²) in [5, 5.41) is 3.23. The number of amides is 1. The van der Waals surface area contributed by atoms with Gasteiger partial charge in [-0.15, -0.1) is 0 Å². The first-order valence-corrected chi connectivity index (χ1v) is 6.72. The van der Waals surface area contributed by atoms with Gasteiger partial charge in [0.05, 0.1) is 5.56 Å². The average Bonchev–Trinajstić information content (AvgIpc) is 2.56. The van der Waals surface area contributed by atoms with Crippen LogP contribution in [-0.4, -0.2) is 47.0 Å². The Labute approximate surface area is 117 Å². The van der Waals surface area contributed by atoms with Crippen LogP contribution in [0.1, 0.15) is 10.4 Å². The molecule has 0 radical (unpaired) electrons. The molecular weight excluding hydrogens is 252 g/mol. The second-order valence-electron chi connectivity index (χ2n) is 4.70. The molecule has 1 aliphatic heterocycles. The van der Waals surface area contributed by atoms with Crippen LogP contribution in [0.3, 0.4) is 0 Å². The van der Waals surface area contributed by atoms with E-state index in [0.717, 1.165) is 31.7 Å². The van der Waals surface area contributed by atoms with Gasteiger partial charge in [0, 0.05) is 44.1 Å². The minimum Gasteiger partial charge on any atom is -0.336 e. The summed E-state index contributed by atoms with van der Waals surface area (Å²) in [6, 6.07) is 9.74. The van der Waals surface area contributed by atoms with Gasteiger partial charge in [0.15, 0.2) is 5.82 Å². The first-order chi connectivity index (χ1) is 9.84. The minimum atomic E-state index is 0.00566. The first-order valence-electron chi connectivity index (χ1n) is 6.72. The van der Waals surface area contributed by atoms with Crippen LogP contribution < -0.4 is 5.32 Å². The maximum Gasteiger partial charge on any atom is 0.257 e. The Bertz CT molecular complexity index is 577. The highest BCUT2D eigenvalue weighted by Crippen LogP contribution is 2.14. The van der Waals surface area contributed by atoms with Crippen molar-refractivity contribution in [3.63, 3.8) is 0 Å². The molecule has 1 aromatic heterocycles. The maximum atomic E-state index is 12.3. The van der Waals surface area contributed by atoms with E-state index >= 15 is 0 Å². The van der Waals surface area contributed by atoms with Crippen molar-refractivity contribution in [1.82, 2.24) is 20.2 Å². The second kappa shape index (κ2) is 5.79. The van der Waals surface area contributed by atoms with Gasteiger partial charge in [0.1, 0.15) is 0 Å². The topological polar surface area (TPSA) is 58.1 Å². The van der Waals surface area contributed by atoms with E-state index in [2.05, 4.69) is 15.3 Å². The molecule has 1 aliphatic rings. The summed E-state index contributed by atoms with van der Waals surface area (Å²) in [6.07, 6.45) is 3.22. The second-order valence-corrected chi connectivity index (χ2v) is 4.70. The Morgan fingerprint density at radius 2 is 1.70 bits per heavy atom. The van der Waals surface area contributed by atoms with Crippen LogP contribution in [0.5, 0.6) is 0 Å². The zero-order valence-corrected chi connectivity index (χ0v) is 11.1. The van der Waals surface area contributed by atoms with E-state index in [1.807, 2.05) is 35.2 Å². The molecule has 1 N–H and O–H groups in total. The molecule has 0 aliphatic carbocycles. The van der Waals surface area contributed by atoms with Crippen molar-refractivity contribution in [1.29, 1.82) is 0 Å². The third-order valence-electron chi connectivity index (χ3n) is 3.33. The van der Waals surface area contributed by atoms with Crippen LogP contribution in [0.15, 0.2) is 42.7 Å². The number of rotatable bonds is 2. The van der Waals surface area contributed by atoms with E-state index in [1.165, 1.54) is 0 Å². The molecule has 0 spiro atoms. The number of carbonyl (C=O) groups excluding carboxylic acids is 1. The van der Waals surface area contributed by atoms with Crippen molar-refractivity contribution in [2.45, 2.75) is 0 Å². The summed E-state index contributed by atoms with van der Waals surface area (Å²) < 4.78 is 0. The van der Waals surface area contributed by atoms with E-state index in [4.69, 9.17) is 0 Å². The SMILES string of the molecule is O=C(c1cnc(-c2ccccc2)nc1)N1CCNCC1. The summed E-state index contributed by atoms with van der Waals surface area (Å²) in [7, 11) is 0. The lowest BCUT2D eigenvalue weighted by atomic mass is 10.2. The van der Waals surface area contributed by atoms with E-state index in [0.29, 0.717) is 11.4 Å². The molecule has 0 bridgehead atoms. The lowest BCUT2D eigenvalue weighted by molar-refractivity contribution is 0.0735. The van der Waals surface area contributed by atoms with Crippen molar-refractivity contribution in [2.75, 3.05) is 26.2 Å². The lowest BCUT2D eigenvalue weighted by Crippen LogP contribution is -2.46. The Balaban J connectivity index is 1.77. The molecule has 2 heterocycles. The Hall–Kier alpha value is -2.27. The number of nitrogens with zero attached hydrogens (tertiary/aromatic N) is 3. The lowest BCUT2D eigenvalue weighted by Gasteiger charge is -2.27. The van der Waals surface area contributed by atoms with Gasteiger partial charge in [-0.05, 0) is 0 Å². The molecule has 1 fully saturated rings. The first kappa shape index (κ1) is 12.7. The maximum absolute atomic E-state index is 12.3. The normalized spacial score (nSPS) is 15.1. The van der Waals surface area contributed by atoms with Gasteiger partial charge in [-0.1, -0.05) is 30.3 Å². The molecule has 102 valence electrons. The van der Waals surface area contributed by atoms with Crippen molar-refractivity contribution >= 4 is 5.91 Å². The summed E-state index contributed by atoms with van der Waals surface area (Å²) >= 11 is 0. The molecule has 3 rings (SSSR count). The predicted molar refractivity (Wildman–Crippen MR) is 76.2 cm³/mol. The molecule has 1 amide bonds. The number of aromatic nitrogens is 2. The van der Waals surface area contributed by atoms with Gasteiger partial charge in [-0.25, -0.2) is 9.97 Å². The van der Waals surface area contributed by atoms with Gasteiger partial charge in [-0.3, -0.25) is 4.79 Å². The monoisotopic (exact) mass is 268 g/mol. The van der Waals surface area contributed by atoms with Gasteiger partial charge in [0.25, 0.3) is 5.91 Å². The van der Waals surface area contributed by atoms with E-state index in [9.17, 15) is 4.79 Å². The number of hydrogen-bond donors (Lipinski definition) is 1. The van der Waals surface area contributed by atoms with Crippen molar-refractivity contribution in [3.8, 4) is 11.4 Å². The molecule has 1 aromatic carbocycles. The number of hydrogen-bond acceptors (Lipinski definition) is 4.